The molecule has 2 aliphatic rings. The van der Waals surface area contributed by atoms with Crippen molar-refractivity contribution in [2.75, 3.05) is 6.61 Å². The summed E-state index contributed by atoms with van der Waals surface area (Å²) in [5.74, 6) is 0.0379. The van der Waals surface area contributed by atoms with E-state index in [1.165, 1.54) is 12.0 Å². The van der Waals surface area contributed by atoms with E-state index in [4.69, 9.17) is 9.84 Å². The topological polar surface area (TPSA) is 83.8 Å². The average molecular weight is 409 g/mol. The van der Waals surface area contributed by atoms with Crippen molar-refractivity contribution in [3.05, 3.63) is 12.2 Å². The molecule has 5 heteroatoms. The highest BCUT2D eigenvalue weighted by Gasteiger charge is 2.54. The first-order chi connectivity index (χ1) is 13.5. The maximum absolute atomic E-state index is 11.5. The Hall–Kier alpha value is -1.36. The second-order valence-electron chi connectivity index (χ2n) is 10.4. The molecule has 29 heavy (non-hydrogen) atoms. The second kappa shape index (κ2) is 9.63. The number of fused-ring (bicyclic) bond motifs is 1. The van der Waals surface area contributed by atoms with Gasteiger partial charge in [-0.1, -0.05) is 39.8 Å². The van der Waals surface area contributed by atoms with Gasteiger partial charge in [-0.25, -0.2) is 0 Å². The zero-order valence-electron chi connectivity index (χ0n) is 18.7. The highest BCUT2D eigenvalue weighted by atomic mass is 16.5. The number of carboxylic acids is 1. The summed E-state index contributed by atoms with van der Waals surface area (Å²) in [5.41, 5.74) is 1.58. The standard InChI is InChI=1S/C24H40O5/c1-16(12-13-29-22(28)11-10-21(26)27)6-8-19-17(2)7-9-20-23(3,4)14-18(25)15-24(19,20)5/h16,18-20,25H,2,6-15H2,1,3-5H3,(H,26,27)/t16-,18+,19-,20-,24-/m1/s1. The Bertz CT molecular complexity index is 610. The van der Waals surface area contributed by atoms with E-state index in [0.717, 1.165) is 38.5 Å². The molecule has 2 fully saturated rings. The van der Waals surface area contributed by atoms with E-state index in [1.54, 1.807) is 0 Å². The third kappa shape index (κ3) is 6.07. The van der Waals surface area contributed by atoms with Crippen LogP contribution in [-0.2, 0) is 14.3 Å². The van der Waals surface area contributed by atoms with Crippen molar-refractivity contribution in [2.24, 2.45) is 28.6 Å². The molecular formula is C24H40O5. The minimum absolute atomic E-state index is 0.0660. The van der Waals surface area contributed by atoms with Gasteiger partial charge >= 0.3 is 11.9 Å². The van der Waals surface area contributed by atoms with Crippen LogP contribution >= 0.6 is 0 Å². The molecule has 0 amide bonds. The minimum atomic E-state index is -0.981. The number of aliphatic carboxylic acids is 1. The van der Waals surface area contributed by atoms with Gasteiger partial charge in [0, 0.05) is 0 Å². The minimum Gasteiger partial charge on any atom is -0.481 e. The summed E-state index contributed by atoms with van der Waals surface area (Å²) in [6, 6.07) is 0. The van der Waals surface area contributed by atoms with Crippen molar-refractivity contribution in [2.45, 2.75) is 91.6 Å². The van der Waals surface area contributed by atoms with E-state index >= 15 is 0 Å². The summed E-state index contributed by atoms with van der Waals surface area (Å²) in [6.07, 6.45) is 6.40. The summed E-state index contributed by atoms with van der Waals surface area (Å²) in [5, 5.41) is 19.2. The zero-order valence-corrected chi connectivity index (χ0v) is 18.7. The van der Waals surface area contributed by atoms with Crippen LogP contribution < -0.4 is 0 Å². The molecule has 0 radical (unpaired) electrons. The lowest BCUT2D eigenvalue weighted by Crippen LogP contribution is -2.53. The number of ether oxygens (including phenoxy) is 1. The van der Waals surface area contributed by atoms with Crippen molar-refractivity contribution in [1.82, 2.24) is 0 Å². The molecule has 2 rings (SSSR count). The normalized spacial score (nSPS) is 32.3. The molecule has 0 aromatic carbocycles. The number of hydrogen-bond acceptors (Lipinski definition) is 4. The van der Waals surface area contributed by atoms with Crippen LogP contribution in [0.1, 0.15) is 85.5 Å². The summed E-state index contributed by atoms with van der Waals surface area (Å²) >= 11 is 0. The average Bonchev–Trinajstić information content (AvgIpc) is 2.57. The van der Waals surface area contributed by atoms with Crippen molar-refractivity contribution in [3.63, 3.8) is 0 Å². The first kappa shape index (κ1) is 23.9. The Morgan fingerprint density at radius 3 is 2.55 bits per heavy atom. The maximum atomic E-state index is 11.5. The molecule has 2 aliphatic carbocycles. The monoisotopic (exact) mass is 408 g/mol. The number of hydrogen-bond donors (Lipinski definition) is 2. The van der Waals surface area contributed by atoms with Gasteiger partial charge < -0.3 is 14.9 Å². The van der Waals surface area contributed by atoms with Crippen LogP contribution in [-0.4, -0.2) is 34.9 Å². The molecule has 0 heterocycles. The molecule has 0 aromatic rings. The smallest absolute Gasteiger partial charge is 0.306 e. The van der Waals surface area contributed by atoms with Gasteiger partial charge in [-0.15, -0.1) is 0 Å². The molecule has 2 saturated carbocycles. The van der Waals surface area contributed by atoms with Crippen LogP contribution in [0.25, 0.3) is 0 Å². The molecule has 2 N–H and O–H groups in total. The van der Waals surface area contributed by atoms with E-state index < -0.39 is 11.9 Å². The highest BCUT2D eigenvalue weighted by Crippen LogP contribution is 2.61. The quantitative estimate of drug-likeness (QED) is 0.416. The van der Waals surface area contributed by atoms with Crippen molar-refractivity contribution >= 4 is 11.9 Å². The molecule has 0 saturated heterocycles. The Morgan fingerprint density at radius 2 is 1.90 bits per heavy atom. The van der Waals surface area contributed by atoms with E-state index in [2.05, 4.69) is 34.3 Å². The molecule has 0 unspecified atom stereocenters. The fourth-order valence-corrected chi connectivity index (χ4v) is 6.22. The molecule has 5 nitrogen and oxygen atoms in total. The van der Waals surface area contributed by atoms with Crippen LogP contribution in [0.2, 0.25) is 0 Å². The zero-order chi connectivity index (χ0) is 21.8. The molecule has 0 aromatic heterocycles. The van der Waals surface area contributed by atoms with Crippen LogP contribution in [0.4, 0.5) is 0 Å². The number of carbonyl (C=O) groups excluding carboxylic acids is 1. The fourth-order valence-electron chi connectivity index (χ4n) is 6.22. The third-order valence-corrected chi connectivity index (χ3v) is 7.58. The van der Waals surface area contributed by atoms with E-state index in [9.17, 15) is 14.7 Å². The third-order valence-electron chi connectivity index (χ3n) is 7.58. The second-order valence-corrected chi connectivity index (χ2v) is 10.4. The number of carboxylic acid groups (broad SMARTS) is 1. The first-order valence-electron chi connectivity index (χ1n) is 11.2. The lowest BCUT2D eigenvalue weighted by atomic mass is 9.46. The van der Waals surface area contributed by atoms with Gasteiger partial charge in [-0.2, -0.15) is 0 Å². The van der Waals surface area contributed by atoms with E-state index in [-0.39, 0.29) is 29.8 Å². The van der Waals surface area contributed by atoms with Gasteiger partial charge in [0.15, 0.2) is 0 Å². The first-order valence-corrected chi connectivity index (χ1v) is 11.2. The number of allylic oxidation sites excluding steroid dienone is 1. The largest absolute Gasteiger partial charge is 0.481 e. The summed E-state index contributed by atoms with van der Waals surface area (Å²) < 4.78 is 5.17. The van der Waals surface area contributed by atoms with Gasteiger partial charge in [-0.3, -0.25) is 9.59 Å². The SMILES string of the molecule is C=C1CC[C@@H]2C(C)(C)C[C@H](O)C[C@]2(C)[C@@H]1CC[C@@H](C)CCOC(=O)CCC(=O)O. The van der Waals surface area contributed by atoms with Gasteiger partial charge in [0.05, 0.1) is 25.6 Å². The number of rotatable bonds is 9. The van der Waals surface area contributed by atoms with E-state index in [1.807, 2.05) is 0 Å². The summed E-state index contributed by atoms with van der Waals surface area (Å²) in [4.78, 5) is 22.1. The van der Waals surface area contributed by atoms with E-state index in [0.29, 0.717) is 24.4 Å². The van der Waals surface area contributed by atoms with Crippen molar-refractivity contribution < 1.29 is 24.5 Å². The number of carbonyl (C=O) groups is 2. The molecule has 5 atom stereocenters. The van der Waals surface area contributed by atoms with Gasteiger partial charge in [-0.05, 0) is 73.5 Å². The van der Waals surface area contributed by atoms with Crippen LogP contribution in [0.3, 0.4) is 0 Å². The Labute approximate surface area is 175 Å². The highest BCUT2D eigenvalue weighted by molar-refractivity contribution is 5.76. The van der Waals surface area contributed by atoms with Crippen LogP contribution in [0.15, 0.2) is 12.2 Å². The predicted molar refractivity (Wildman–Crippen MR) is 113 cm³/mol. The van der Waals surface area contributed by atoms with Crippen LogP contribution in [0, 0.1) is 28.6 Å². The lowest BCUT2D eigenvalue weighted by Gasteiger charge is -2.59. The summed E-state index contributed by atoms with van der Waals surface area (Å²) in [6.45, 7) is 13.9. The predicted octanol–water partition coefficient (Wildman–Crippen LogP) is 4.97. The number of esters is 1. The lowest BCUT2D eigenvalue weighted by molar-refractivity contribution is -0.148. The Balaban J connectivity index is 1.87. The number of aliphatic hydroxyl groups excluding tert-OH is 1. The van der Waals surface area contributed by atoms with Gasteiger partial charge in [0.1, 0.15) is 0 Å². The molecule has 0 bridgehead atoms. The van der Waals surface area contributed by atoms with Gasteiger partial charge in [0.25, 0.3) is 0 Å². The molecule has 0 aliphatic heterocycles. The fraction of sp³-hybridized carbons (Fsp3) is 0.833. The van der Waals surface area contributed by atoms with Gasteiger partial charge in [0.2, 0.25) is 0 Å². The number of aliphatic hydroxyl groups is 1. The van der Waals surface area contributed by atoms with Crippen LogP contribution in [0.5, 0.6) is 0 Å². The Kier molecular flexibility index (Phi) is 7.94. The molecule has 166 valence electrons. The molecular weight excluding hydrogens is 368 g/mol. The Morgan fingerprint density at radius 1 is 1.21 bits per heavy atom. The van der Waals surface area contributed by atoms with Crippen molar-refractivity contribution in [1.29, 1.82) is 0 Å². The summed E-state index contributed by atoms with van der Waals surface area (Å²) in [7, 11) is 0. The van der Waals surface area contributed by atoms with Crippen molar-refractivity contribution in [3.8, 4) is 0 Å². The maximum Gasteiger partial charge on any atom is 0.306 e. The molecule has 0 spiro atoms.